The topological polar surface area (TPSA) is 162 Å². The highest BCUT2D eigenvalue weighted by Gasteiger charge is 2.83. The first kappa shape index (κ1) is 31.8. The van der Waals surface area contributed by atoms with Gasteiger partial charge in [0, 0.05) is 26.2 Å². The molecule has 0 spiro atoms. The lowest BCUT2D eigenvalue weighted by molar-refractivity contribution is -0.245. The quantitative estimate of drug-likeness (QED) is 0.265. The molecule has 0 atom stereocenters. The van der Waals surface area contributed by atoms with E-state index < -0.39 is 101 Å². The number of piperidine rings is 1. The van der Waals surface area contributed by atoms with Crippen LogP contribution in [-0.4, -0.2) is 105 Å². The number of carbonyl (C=O) groups excluding carboxylic acids is 1. The highest BCUT2D eigenvalue weighted by Crippen LogP contribution is 2.53. The number of sulfonamides is 3. The molecule has 0 bridgehead atoms. The molecule has 12 nitrogen and oxygen atoms in total. The standard InChI is InChI=1S/C14H18F8N3O9S3/c15-11(16,10(26)23-6-8-34-9-7-23)35(28,29)25(27)37(32,33)14(21,22)12(17,18)13(19,20)36(30,31)24-4-2-1-3-5-24/h1-9H2/q-1. The van der Waals surface area contributed by atoms with Crippen molar-refractivity contribution in [3.63, 3.8) is 0 Å². The van der Waals surface area contributed by atoms with E-state index in [0.29, 0.717) is 0 Å². The van der Waals surface area contributed by atoms with Crippen LogP contribution in [0.25, 0.3) is 0 Å². The molecule has 2 aliphatic heterocycles. The van der Waals surface area contributed by atoms with E-state index in [-0.39, 0.29) is 28.5 Å². The lowest BCUT2D eigenvalue weighted by Crippen LogP contribution is -2.66. The van der Waals surface area contributed by atoms with E-state index in [2.05, 4.69) is 4.74 Å². The SMILES string of the molecule is O=C(N1CCOCC1)C(F)(F)S(=O)(=O)N([O-])S(=O)(=O)C(F)(F)C(F)(F)C(F)(F)S(=O)(=O)N1CCCCC1. The predicted octanol–water partition coefficient (Wildman–Crippen LogP) is 0.534. The summed E-state index contributed by atoms with van der Waals surface area (Å²) in [5.74, 6) is -10.4. The number of ether oxygens (including phenoxy) is 1. The van der Waals surface area contributed by atoms with Gasteiger partial charge in [-0.15, -0.1) is 0 Å². The van der Waals surface area contributed by atoms with Gasteiger partial charge in [-0.3, -0.25) is 4.79 Å². The fraction of sp³-hybridized carbons (Fsp3) is 0.929. The second-order valence-electron chi connectivity index (χ2n) is 7.67. The van der Waals surface area contributed by atoms with Gasteiger partial charge in [0.15, 0.2) is 0 Å². The summed E-state index contributed by atoms with van der Waals surface area (Å²) >= 11 is 0. The third-order valence-corrected chi connectivity index (χ3v) is 10.9. The fourth-order valence-corrected chi connectivity index (χ4v) is 7.49. The third kappa shape index (κ3) is 4.79. The zero-order chi connectivity index (χ0) is 28.9. The average molecular weight is 620 g/mol. The van der Waals surface area contributed by atoms with Crippen molar-refractivity contribution in [2.75, 3.05) is 39.4 Å². The number of carbonyl (C=O) groups is 1. The van der Waals surface area contributed by atoms with E-state index in [4.69, 9.17) is 0 Å². The monoisotopic (exact) mass is 620 g/mol. The van der Waals surface area contributed by atoms with Crippen LogP contribution in [0.4, 0.5) is 35.1 Å². The molecule has 2 heterocycles. The maximum atomic E-state index is 14.3. The normalized spacial score (nSPS) is 20.3. The van der Waals surface area contributed by atoms with Crippen molar-refractivity contribution in [3.05, 3.63) is 5.21 Å². The Bertz CT molecular complexity index is 1200. The highest BCUT2D eigenvalue weighted by atomic mass is 32.3. The summed E-state index contributed by atoms with van der Waals surface area (Å²) in [4.78, 5) is 11.9. The minimum absolute atomic E-state index is 0.00754. The van der Waals surface area contributed by atoms with Gasteiger partial charge < -0.3 is 14.8 Å². The van der Waals surface area contributed by atoms with Crippen molar-refractivity contribution >= 4 is 36.0 Å². The number of rotatable bonds is 9. The van der Waals surface area contributed by atoms with Crippen molar-refractivity contribution in [2.24, 2.45) is 0 Å². The molecule has 23 heteroatoms. The molecule has 0 aromatic carbocycles. The molecule has 2 aliphatic rings. The van der Waals surface area contributed by atoms with Crippen molar-refractivity contribution < 1.29 is 69.9 Å². The van der Waals surface area contributed by atoms with E-state index in [1.165, 1.54) is 0 Å². The molecule has 2 fully saturated rings. The molecule has 0 aromatic rings. The summed E-state index contributed by atoms with van der Waals surface area (Å²) in [7, 11) is -22.8. The molecule has 2 saturated heterocycles. The molecule has 0 N–H and O–H groups in total. The molecule has 0 saturated carbocycles. The van der Waals surface area contributed by atoms with E-state index in [1.54, 1.807) is 0 Å². The van der Waals surface area contributed by atoms with Gasteiger partial charge in [-0.25, -0.2) is 25.3 Å². The largest absolute Gasteiger partial charge is 0.759 e. The first-order valence-corrected chi connectivity index (χ1v) is 14.2. The number of amides is 1. The summed E-state index contributed by atoms with van der Waals surface area (Å²) in [6.45, 7) is -4.11. The zero-order valence-electron chi connectivity index (χ0n) is 18.1. The Hall–Kier alpha value is -1.40. The van der Waals surface area contributed by atoms with Crippen molar-refractivity contribution in [1.82, 2.24) is 13.1 Å². The zero-order valence-corrected chi connectivity index (χ0v) is 20.6. The van der Waals surface area contributed by atoms with Gasteiger partial charge in [-0.05, 0) is 12.8 Å². The number of alkyl halides is 8. The lowest BCUT2D eigenvalue weighted by atomic mass is 10.2. The van der Waals surface area contributed by atoms with E-state index in [1.807, 2.05) is 0 Å². The van der Waals surface area contributed by atoms with Crippen LogP contribution in [0.1, 0.15) is 19.3 Å². The molecule has 218 valence electrons. The second-order valence-corrected chi connectivity index (χ2v) is 13.5. The molecule has 0 unspecified atom stereocenters. The first-order valence-electron chi connectivity index (χ1n) is 9.87. The Balaban J connectivity index is 2.51. The Morgan fingerprint density at radius 2 is 1.19 bits per heavy atom. The van der Waals surface area contributed by atoms with Crippen LogP contribution >= 0.6 is 0 Å². The smallest absolute Gasteiger partial charge is 0.435 e. The third-order valence-electron chi connectivity index (χ3n) is 5.30. The van der Waals surface area contributed by atoms with Crippen LogP contribution in [0.15, 0.2) is 0 Å². The number of halogens is 8. The van der Waals surface area contributed by atoms with Gasteiger partial charge >= 0.3 is 27.6 Å². The summed E-state index contributed by atoms with van der Waals surface area (Å²) < 4.78 is 187. The van der Waals surface area contributed by atoms with E-state index >= 15 is 0 Å². The highest BCUT2D eigenvalue weighted by molar-refractivity contribution is 8.05. The van der Waals surface area contributed by atoms with Gasteiger partial charge in [0.05, 0.1) is 13.2 Å². The van der Waals surface area contributed by atoms with Gasteiger partial charge in [0.2, 0.25) is 0 Å². The average Bonchev–Trinajstić information content (AvgIpc) is 2.83. The maximum Gasteiger partial charge on any atom is 0.435 e. The van der Waals surface area contributed by atoms with E-state index in [0.717, 1.165) is 0 Å². The Morgan fingerprint density at radius 3 is 1.65 bits per heavy atom. The molecular formula is C14H18F8N3O9S3-. The van der Waals surface area contributed by atoms with Crippen LogP contribution < -0.4 is 0 Å². The summed E-state index contributed by atoms with van der Waals surface area (Å²) in [6, 6.07) is 0. The van der Waals surface area contributed by atoms with Crippen LogP contribution in [0, 0.1) is 5.21 Å². The molecule has 0 aromatic heterocycles. The Morgan fingerprint density at radius 1 is 0.730 bits per heavy atom. The van der Waals surface area contributed by atoms with Crippen molar-refractivity contribution in [1.29, 1.82) is 0 Å². The van der Waals surface area contributed by atoms with Gasteiger partial charge in [0.1, 0.15) is 0 Å². The molecule has 1 amide bonds. The molecule has 0 radical (unpaired) electrons. The van der Waals surface area contributed by atoms with Crippen molar-refractivity contribution in [2.45, 2.75) is 40.9 Å². The van der Waals surface area contributed by atoms with Gasteiger partial charge in [0.25, 0.3) is 30.1 Å². The van der Waals surface area contributed by atoms with Crippen LogP contribution in [0.5, 0.6) is 0 Å². The number of nitrogens with zero attached hydrogens (tertiary/aromatic N) is 3. The minimum atomic E-state index is -8.31. The predicted molar refractivity (Wildman–Crippen MR) is 105 cm³/mol. The van der Waals surface area contributed by atoms with Crippen LogP contribution in [0.3, 0.4) is 0 Å². The number of hydrogen-bond acceptors (Lipinski definition) is 9. The second kappa shape index (κ2) is 9.97. The van der Waals surface area contributed by atoms with Gasteiger partial charge in [-0.2, -0.15) is 43.3 Å². The van der Waals surface area contributed by atoms with Gasteiger partial charge in [-0.1, -0.05) is 6.42 Å². The fourth-order valence-electron chi connectivity index (χ4n) is 3.14. The van der Waals surface area contributed by atoms with Crippen molar-refractivity contribution in [3.8, 4) is 0 Å². The molecule has 37 heavy (non-hydrogen) atoms. The summed E-state index contributed by atoms with van der Waals surface area (Å²) in [5.41, 5.74) is 0. The lowest BCUT2D eigenvalue weighted by Gasteiger charge is -2.39. The summed E-state index contributed by atoms with van der Waals surface area (Å²) in [5, 5.41) is -9.00. The number of morpholine rings is 1. The van der Waals surface area contributed by atoms with Crippen LogP contribution in [-0.2, 0) is 39.6 Å². The molecular weight excluding hydrogens is 602 g/mol. The first-order chi connectivity index (χ1) is 16.5. The molecule has 2 rings (SSSR count). The minimum Gasteiger partial charge on any atom is -0.759 e. The molecule has 0 aliphatic carbocycles. The van der Waals surface area contributed by atoms with Crippen LogP contribution in [0.2, 0.25) is 0 Å². The number of hydrogen-bond donors (Lipinski definition) is 0. The summed E-state index contributed by atoms with van der Waals surface area (Å²) in [6.07, 6.45) is -0.109. The maximum absolute atomic E-state index is 14.3. The Kier molecular flexibility index (Phi) is 8.57. The Labute approximate surface area is 204 Å². The van der Waals surface area contributed by atoms with E-state index in [9.17, 15) is 70.4 Å².